The molecule has 0 aromatic heterocycles. The predicted molar refractivity (Wildman–Crippen MR) is 92.8 cm³/mol. The molecular weight excluding hydrogens is 419 g/mol. The van der Waals surface area contributed by atoms with E-state index in [2.05, 4.69) is 5.32 Å². The van der Waals surface area contributed by atoms with Gasteiger partial charge in [0, 0.05) is 7.92 Å². The van der Waals surface area contributed by atoms with Gasteiger partial charge in [-0.1, -0.05) is 12.1 Å². The number of hydrogen-bond donors (Lipinski definition) is 1. The number of nitrogens with one attached hydrogen (secondary N) is 1. The summed E-state index contributed by atoms with van der Waals surface area (Å²) in [5, 5.41) is 3.00. The van der Waals surface area contributed by atoms with Crippen molar-refractivity contribution in [1.29, 1.82) is 0 Å². The fourth-order valence-corrected chi connectivity index (χ4v) is 2.95. The Morgan fingerprint density at radius 3 is 2.20 bits per heavy atom. The van der Waals surface area contributed by atoms with Crippen LogP contribution in [0.2, 0.25) is 0 Å². The number of rotatable bonds is 4. The lowest BCUT2D eigenvalue weighted by atomic mass is 10.0. The van der Waals surface area contributed by atoms with Gasteiger partial charge in [0.05, 0.1) is 31.2 Å². The summed E-state index contributed by atoms with van der Waals surface area (Å²) in [7, 11) is 0. The van der Waals surface area contributed by atoms with Crippen LogP contribution in [0.15, 0.2) is 42.5 Å². The minimum absolute atomic E-state index is 0.0617. The van der Waals surface area contributed by atoms with E-state index in [-0.39, 0.29) is 12.7 Å². The highest BCUT2D eigenvalue weighted by atomic mass is 19.4. The molecule has 3 atom stereocenters. The monoisotopic (exact) mass is 439 g/mol. The maximum absolute atomic E-state index is 13.2. The molecule has 0 aliphatic carbocycles. The van der Waals surface area contributed by atoms with Crippen molar-refractivity contribution in [3.05, 3.63) is 70.5 Å². The molecule has 0 bridgehead atoms. The molecule has 2 aromatic carbocycles. The van der Waals surface area contributed by atoms with Crippen LogP contribution < -0.4 is 5.32 Å². The second-order valence-corrected chi connectivity index (χ2v) is 6.56. The first kappa shape index (κ1) is 19.8. The molecule has 164 valence electrons. The normalized spacial score (nSPS) is 23.4. The van der Waals surface area contributed by atoms with Crippen molar-refractivity contribution in [2.45, 2.75) is 37.7 Å². The molecular formula is C20H18F7NO2. The third-order valence-corrected chi connectivity index (χ3v) is 4.42. The minimum Gasteiger partial charge on any atom is -0.349 e. The third kappa shape index (κ3) is 5.30. The topological polar surface area (TPSA) is 30.5 Å². The Balaban J connectivity index is 2.00. The molecule has 1 aliphatic heterocycles. The van der Waals surface area contributed by atoms with E-state index in [4.69, 9.17) is 12.2 Å². The van der Waals surface area contributed by atoms with Gasteiger partial charge in [-0.15, -0.1) is 0 Å². The molecule has 1 aliphatic rings. The Kier molecular flexibility index (Phi) is 5.62. The second kappa shape index (κ2) is 8.52. The molecule has 1 fully saturated rings. The highest BCUT2D eigenvalue weighted by Crippen LogP contribution is 2.38. The van der Waals surface area contributed by atoms with Crippen molar-refractivity contribution in [1.82, 2.24) is 5.32 Å². The van der Waals surface area contributed by atoms with Gasteiger partial charge in [0.25, 0.3) is 0 Å². The van der Waals surface area contributed by atoms with Gasteiger partial charge in [-0.05, 0) is 48.4 Å². The van der Waals surface area contributed by atoms with Crippen LogP contribution in [0.3, 0.4) is 0 Å². The smallest absolute Gasteiger partial charge is 0.349 e. The summed E-state index contributed by atoms with van der Waals surface area (Å²) in [6.45, 7) is -0.607. The van der Waals surface area contributed by atoms with E-state index in [0.717, 1.165) is 12.1 Å². The molecule has 0 radical (unpaired) electrons. The van der Waals surface area contributed by atoms with E-state index in [1.165, 1.54) is 12.1 Å². The molecule has 0 spiro atoms. The number of hydrogen-bond acceptors (Lipinski definition) is 3. The van der Waals surface area contributed by atoms with Crippen molar-refractivity contribution < 1.29 is 42.9 Å². The van der Waals surface area contributed by atoms with Gasteiger partial charge in [-0.2, -0.15) is 26.3 Å². The van der Waals surface area contributed by atoms with Gasteiger partial charge in [-0.3, -0.25) is 0 Å². The van der Waals surface area contributed by atoms with E-state index in [1.807, 2.05) is 0 Å². The number of benzene rings is 2. The first-order valence-corrected chi connectivity index (χ1v) is 8.71. The molecule has 0 saturated carbocycles. The van der Waals surface area contributed by atoms with Crippen LogP contribution in [0.4, 0.5) is 30.7 Å². The van der Waals surface area contributed by atoms with E-state index < -0.39 is 60.2 Å². The molecule has 1 unspecified atom stereocenters. The highest BCUT2D eigenvalue weighted by molar-refractivity contribution is 5.34. The van der Waals surface area contributed by atoms with Crippen LogP contribution in [-0.4, -0.2) is 19.4 Å². The quantitative estimate of drug-likeness (QED) is 0.627. The Bertz CT molecular complexity index is 905. The first-order chi connectivity index (χ1) is 14.8. The van der Waals surface area contributed by atoms with Crippen LogP contribution in [-0.2, 0) is 21.8 Å². The third-order valence-electron chi connectivity index (χ3n) is 4.42. The van der Waals surface area contributed by atoms with Gasteiger partial charge in [-0.25, -0.2) is 4.39 Å². The van der Waals surface area contributed by atoms with Crippen molar-refractivity contribution in [3.63, 3.8) is 0 Å². The fraction of sp³-hybridized carbons (Fsp3) is 0.400. The Labute approximate surface area is 170 Å². The zero-order valence-corrected chi connectivity index (χ0v) is 15.3. The van der Waals surface area contributed by atoms with E-state index >= 15 is 0 Å². The summed E-state index contributed by atoms with van der Waals surface area (Å²) >= 11 is 0. The summed E-state index contributed by atoms with van der Waals surface area (Å²) in [4.78, 5) is 0. The largest absolute Gasteiger partial charge is 0.416 e. The standard InChI is InChI=1S/C20H18F7NO2/c1-11(13-8-14(19(22,23)24)10-15(9-13)20(25,26)27)30-18-17(28-6-7-29-18)12-2-4-16(21)5-3-12/h2-5,8-11,17-18,28H,6-7H2,1H3/t11?,17-,18+/m0/s1/i1D,11D. The van der Waals surface area contributed by atoms with Crippen molar-refractivity contribution >= 4 is 0 Å². The lowest BCUT2D eigenvalue weighted by molar-refractivity contribution is -0.200. The lowest BCUT2D eigenvalue weighted by Gasteiger charge is -2.34. The van der Waals surface area contributed by atoms with Crippen LogP contribution in [0.25, 0.3) is 0 Å². The summed E-state index contributed by atoms with van der Waals surface area (Å²) in [5.41, 5.74) is -3.56. The van der Waals surface area contributed by atoms with Crippen molar-refractivity contribution in [2.75, 3.05) is 13.2 Å². The Morgan fingerprint density at radius 1 is 1.07 bits per heavy atom. The van der Waals surface area contributed by atoms with Gasteiger partial charge < -0.3 is 14.8 Å². The zero-order valence-electron chi connectivity index (χ0n) is 17.3. The lowest BCUT2D eigenvalue weighted by Crippen LogP contribution is -2.43. The van der Waals surface area contributed by atoms with Gasteiger partial charge in [0.2, 0.25) is 0 Å². The van der Waals surface area contributed by atoms with E-state index in [1.54, 1.807) is 0 Å². The van der Waals surface area contributed by atoms with Gasteiger partial charge >= 0.3 is 12.4 Å². The molecule has 1 saturated heterocycles. The van der Waals surface area contributed by atoms with Crippen LogP contribution >= 0.6 is 0 Å². The molecule has 1 heterocycles. The van der Waals surface area contributed by atoms with E-state index in [9.17, 15) is 30.7 Å². The SMILES string of the molecule is [2H]CC([2H])(O[C@H]1OCCN[C@H]1c1ccc(F)cc1)c1cc(C(F)(F)F)cc(C(F)(F)F)c1. The molecule has 3 rings (SSSR count). The summed E-state index contributed by atoms with van der Waals surface area (Å²) in [6, 6.07) is 4.97. The van der Waals surface area contributed by atoms with Crippen molar-refractivity contribution in [2.24, 2.45) is 0 Å². The number of alkyl halides is 6. The zero-order chi connectivity index (χ0) is 23.7. The summed E-state index contributed by atoms with van der Waals surface area (Å²) < 4.78 is 120. The van der Waals surface area contributed by atoms with Gasteiger partial charge in [0.1, 0.15) is 5.82 Å². The molecule has 10 heteroatoms. The molecule has 30 heavy (non-hydrogen) atoms. The van der Waals surface area contributed by atoms with Crippen LogP contribution in [0.5, 0.6) is 0 Å². The average molecular weight is 439 g/mol. The second-order valence-electron chi connectivity index (χ2n) is 6.56. The minimum atomic E-state index is -5.11. The summed E-state index contributed by atoms with van der Waals surface area (Å²) in [5.74, 6) is -0.521. The van der Waals surface area contributed by atoms with Crippen molar-refractivity contribution in [3.8, 4) is 0 Å². The number of ether oxygens (including phenoxy) is 2. The average Bonchev–Trinajstić information content (AvgIpc) is 2.73. The Morgan fingerprint density at radius 2 is 1.67 bits per heavy atom. The predicted octanol–water partition coefficient (Wildman–Crippen LogP) is 5.63. The van der Waals surface area contributed by atoms with E-state index in [0.29, 0.717) is 24.2 Å². The fourth-order valence-electron chi connectivity index (χ4n) is 2.95. The maximum atomic E-state index is 13.2. The summed E-state index contributed by atoms with van der Waals surface area (Å²) in [6.07, 6.45) is -14.2. The van der Waals surface area contributed by atoms with Gasteiger partial charge in [0.15, 0.2) is 6.29 Å². The molecule has 2 aromatic rings. The molecule has 3 nitrogen and oxygen atoms in total. The Hall–Kier alpha value is -2.17. The van der Waals surface area contributed by atoms with Crippen LogP contribution in [0.1, 0.15) is 44.0 Å². The number of halogens is 7. The number of morpholine rings is 1. The van der Waals surface area contributed by atoms with Crippen LogP contribution in [0, 0.1) is 5.82 Å². The molecule has 0 amide bonds. The highest BCUT2D eigenvalue weighted by Gasteiger charge is 2.38. The first-order valence-electron chi connectivity index (χ1n) is 9.92. The molecule has 1 N–H and O–H groups in total. The maximum Gasteiger partial charge on any atom is 0.416 e.